The summed E-state index contributed by atoms with van der Waals surface area (Å²) in [5.41, 5.74) is 1.26. The fourth-order valence-electron chi connectivity index (χ4n) is 3.81. The van der Waals surface area contributed by atoms with Crippen molar-refractivity contribution in [3.05, 3.63) is 66.0 Å². The number of amides is 2. The molecule has 29 heavy (non-hydrogen) atoms. The molecule has 0 aliphatic carbocycles. The van der Waals surface area contributed by atoms with Gasteiger partial charge in [-0.1, -0.05) is 36.4 Å². The van der Waals surface area contributed by atoms with Crippen LogP contribution in [0.2, 0.25) is 0 Å². The molecule has 2 aromatic rings. The Kier molecular flexibility index (Phi) is 5.27. The molecule has 2 heterocycles. The second-order valence-electron chi connectivity index (χ2n) is 6.91. The summed E-state index contributed by atoms with van der Waals surface area (Å²) in [4.78, 5) is 38.3. The molecule has 0 aromatic heterocycles. The lowest BCUT2D eigenvalue weighted by Crippen LogP contribution is -2.47. The summed E-state index contributed by atoms with van der Waals surface area (Å²) in [6.45, 7) is -0.503. The molecule has 0 bridgehead atoms. The maximum atomic E-state index is 13.2. The van der Waals surface area contributed by atoms with Gasteiger partial charge in [-0.3, -0.25) is 9.59 Å². The Morgan fingerprint density at radius 2 is 2.00 bits per heavy atom. The first-order valence-electron chi connectivity index (χ1n) is 9.23. The number of ether oxygens (including phenoxy) is 1. The molecular weight excluding hydrogens is 395 g/mol. The fourth-order valence-corrected chi connectivity index (χ4v) is 5.45. The van der Waals surface area contributed by atoms with Crippen LogP contribution in [-0.4, -0.2) is 41.1 Å². The summed E-state index contributed by atoms with van der Waals surface area (Å²) >= 11 is 1.55. The van der Waals surface area contributed by atoms with Gasteiger partial charge in [0, 0.05) is 17.9 Å². The number of carbonyl (C=O) groups is 3. The lowest BCUT2D eigenvalue weighted by atomic mass is 10.0. The second-order valence-corrected chi connectivity index (χ2v) is 8.20. The molecule has 2 atom stereocenters. The summed E-state index contributed by atoms with van der Waals surface area (Å²) in [5.74, 6) is -1.35. The van der Waals surface area contributed by atoms with E-state index in [9.17, 15) is 18.8 Å². The van der Waals surface area contributed by atoms with Crippen molar-refractivity contribution in [1.29, 1.82) is 0 Å². The van der Waals surface area contributed by atoms with Crippen molar-refractivity contribution in [2.75, 3.05) is 17.7 Å². The van der Waals surface area contributed by atoms with Crippen LogP contribution in [0.5, 0.6) is 0 Å². The van der Waals surface area contributed by atoms with Gasteiger partial charge in [-0.25, -0.2) is 9.18 Å². The van der Waals surface area contributed by atoms with Crippen LogP contribution < -0.4 is 5.32 Å². The number of nitrogens with one attached hydrogen (secondary N) is 1. The Labute approximate surface area is 171 Å². The molecule has 0 saturated carbocycles. The molecule has 6 nitrogen and oxygen atoms in total. The minimum absolute atomic E-state index is 0.0926. The zero-order valence-electron chi connectivity index (χ0n) is 15.5. The summed E-state index contributed by atoms with van der Waals surface area (Å²) in [5, 5.41) is 2.48. The first-order valence-corrected chi connectivity index (χ1v) is 10.2. The zero-order valence-corrected chi connectivity index (χ0v) is 16.3. The minimum Gasteiger partial charge on any atom is -0.454 e. The maximum Gasteiger partial charge on any atom is 0.330 e. The highest BCUT2D eigenvalue weighted by Gasteiger charge is 2.57. The van der Waals surface area contributed by atoms with Gasteiger partial charge in [-0.2, -0.15) is 0 Å². The van der Waals surface area contributed by atoms with Gasteiger partial charge in [-0.15, -0.1) is 11.8 Å². The van der Waals surface area contributed by atoms with Gasteiger partial charge in [0.25, 0.3) is 5.91 Å². The summed E-state index contributed by atoms with van der Waals surface area (Å²) in [6, 6.07) is 14.3. The van der Waals surface area contributed by atoms with Crippen molar-refractivity contribution in [3.8, 4) is 0 Å². The van der Waals surface area contributed by atoms with E-state index in [1.165, 1.54) is 24.3 Å². The Hall–Kier alpha value is -2.87. The van der Waals surface area contributed by atoms with E-state index in [1.807, 2.05) is 30.3 Å². The van der Waals surface area contributed by atoms with Crippen LogP contribution in [0.1, 0.15) is 18.4 Å². The number of benzene rings is 2. The van der Waals surface area contributed by atoms with E-state index in [-0.39, 0.29) is 11.6 Å². The topological polar surface area (TPSA) is 75.7 Å². The van der Waals surface area contributed by atoms with Crippen molar-refractivity contribution in [1.82, 2.24) is 4.90 Å². The van der Waals surface area contributed by atoms with Gasteiger partial charge in [-0.05, 0) is 30.2 Å². The van der Waals surface area contributed by atoms with Gasteiger partial charge in [0.15, 0.2) is 6.61 Å². The van der Waals surface area contributed by atoms with E-state index in [0.717, 1.165) is 5.56 Å². The van der Waals surface area contributed by atoms with Crippen LogP contribution in [-0.2, 0) is 24.0 Å². The van der Waals surface area contributed by atoms with Crippen molar-refractivity contribution < 1.29 is 23.5 Å². The largest absolute Gasteiger partial charge is 0.454 e. The molecule has 0 spiro atoms. The number of esters is 1. The standard InChI is InChI=1S/C21H19FN2O4S/c22-15-7-4-8-16(11-15)23-18(25)12-28-20(27)17-13-29-21(10-9-19(26)24(17)21)14-5-2-1-3-6-14/h1-8,11,17H,9-10,12-13H2,(H,23,25)/t17-,21-/m1/s1. The lowest BCUT2D eigenvalue weighted by molar-refractivity contribution is -0.155. The van der Waals surface area contributed by atoms with E-state index in [4.69, 9.17) is 4.74 Å². The van der Waals surface area contributed by atoms with Crippen LogP contribution in [0.4, 0.5) is 10.1 Å². The maximum absolute atomic E-state index is 13.2. The number of hydrogen-bond donors (Lipinski definition) is 1. The van der Waals surface area contributed by atoms with Crippen LogP contribution in [0.3, 0.4) is 0 Å². The highest BCUT2D eigenvalue weighted by molar-refractivity contribution is 8.00. The van der Waals surface area contributed by atoms with Crippen molar-refractivity contribution in [2.45, 2.75) is 23.8 Å². The quantitative estimate of drug-likeness (QED) is 0.762. The van der Waals surface area contributed by atoms with Gasteiger partial charge < -0.3 is 15.0 Å². The molecule has 150 valence electrons. The number of thioether (sulfide) groups is 1. The molecule has 8 heteroatoms. The normalized spacial score (nSPS) is 23.0. The summed E-state index contributed by atoms with van der Waals surface area (Å²) in [6.07, 6.45) is 0.996. The molecule has 0 radical (unpaired) electrons. The highest BCUT2D eigenvalue weighted by atomic mass is 32.2. The molecule has 2 aromatic carbocycles. The van der Waals surface area contributed by atoms with E-state index < -0.39 is 35.2 Å². The number of fused-ring (bicyclic) bond motifs is 1. The lowest BCUT2D eigenvalue weighted by Gasteiger charge is -2.33. The Balaban J connectivity index is 1.41. The third-order valence-corrected chi connectivity index (χ3v) is 6.67. The number of rotatable bonds is 5. The number of anilines is 1. The predicted octanol–water partition coefficient (Wildman–Crippen LogP) is 2.90. The molecule has 1 N–H and O–H groups in total. The smallest absolute Gasteiger partial charge is 0.330 e. The van der Waals surface area contributed by atoms with Crippen LogP contribution in [0.15, 0.2) is 54.6 Å². The summed E-state index contributed by atoms with van der Waals surface area (Å²) in [7, 11) is 0. The van der Waals surface area contributed by atoms with Gasteiger partial charge >= 0.3 is 5.97 Å². The number of halogens is 1. The monoisotopic (exact) mass is 414 g/mol. The zero-order chi connectivity index (χ0) is 20.4. The van der Waals surface area contributed by atoms with Gasteiger partial charge in [0.05, 0.1) is 0 Å². The second kappa shape index (κ2) is 7.87. The van der Waals surface area contributed by atoms with Crippen LogP contribution in [0, 0.1) is 5.82 Å². The van der Waals surface area contributed by atoms with Crippen LogP contribution >= 0.6 is 11.8 Å². The SMILES string of the molecule is O=C(COC(=O)[C@H]1CS[C@@]2(c3ccccc3)CCC(=O)N12)Nc1cccc(F)c1. The third-order valence-electron chi connectivity index (χ3n) is 5.08. The number of hydrogen-bond acceptors (Lipinski definition) is 5. The van der Waals surface area contributed by atoms with E-state index in [0.29, 0.717) is 18.6 Å². The number of nitrogens with zero attached hydrogens (tertiary/aromatic N) is 1. The van der Waals surface area contributed by atoms with Gasteiger partial charge in [0.1, 0.15) is 16.7 Å². The van der Waals surface area contributed by atoms with E-state index in [2.05, 4.69) is 5.32 Å². The molecule has 2 aliphatic heterocycles. The summed E-state index contributed by atoms with van der Waals surface area (Å²) < 4.78 is 18.4. The Morgan fingerprint density at radius 1 is 1.21 bits per heavy atom. The predicted molar refractivity (Wildman–Crippen MR) is 106 cm³/mol. The van der Waals surface area contributed by atoms with Crippen molar-refractivity contribution >= 4 is 35.2 Å². The first kappa shape index (κ1) is 19.4. The number of carbonyl (C=O) groups excluding carboxylic acids is 3. The first-order chi connectivity index (χ1) is 14.0. The molecule has 2 amide bonds. The van der Waals surface area contributed by atoms with Crippen LogP contribution in [0.25, 0.3) is 0 Å². The molecule has 2 saturated heterocycles. The average molecular weight is 414 g/mol. The van der Waals surface area contributed by atoms with Gasteiger partial charge in [0.2, 0.25) is 5.91 Å². The molecule has 0 unspecified atom stereocenters. The molecular formula is C21H19FN2O4S. The van der Waals surface area contributed by atoms with Crippen molar-refractivity contribution in [2.24, 2.45) is 0 Å². The molecule has 4 rings (SSSR count). The Bertz CT molecular complexity index is 955. The highest BCUT2D eigenvalue weighted by Crippen LogP contribution is 2.54. The van der Waals surface area contributed by atoms with Crippen molar-refractivity contribution in [3.63, 3.8) is 0 Å². The third kappa shape index (κ3) is 3.72. The average Bonchev–Trinajstić information content (AvgIpc) is 3.26. The fraction of sp³-hybridized carbons (Fsp3) is 0.286. The minimum atomic E-state index is -0.739. The van der Waals surface area contributed by atoms with E-state index >= 15 is 0 Å². The molecule has 2 fully saturated rings. The van der Waals surface area contributed by atoms with E-state index in [1.54, 1.807) is 16.7 Å². The molecule has 2 aliphatic rings. The Morgan fingerprint density at radius 3 is 2.76 bits per heavy atom.